The molecule has 0 aromatic carbocycles. The predicted octanol–water partition coefficient (Wildman–Crippen LogP) is 3.95. The van der Waals surface area contributed by atoms with Crippen molar-refractivity contribution in [2.75, 3.05) is 20.8 Å². The van der Waals surface area contributed by atoms with Crippen LogP contribution in [0.25, 0.3) is 0 Å². The van der Waals surface area contributed by atoms with E-state index in [0.717, 1.165) is 12.8 Å². The molecule has 0 bridgehead atoms. The minimum atomic E-state index is -0.821. The van der Waals surface area contributed by atoms with E-state index in [-0.39, 0.29) is 0 Å². The number of rotatable bonds is 7. The Bertz CT molecular complexity index is 395. The zero-order chi connectivity index (χ0) is 16.5. The lowest BCUT2D eigenvalue weighted by Crippen LogP contribution is -2.18. The molecule has 126 valence electrons. The summed E-state index contributed by atoms with van der Waals surface area (Å²) in [6.07, 6.45) is 11.9. The highest BCUT2D eigenvalue weighted by molar-refractivity contribution is 5.23. The standard InChI is InChI=1S/C19H32O3/c1-14(2)15(3)18-10-8-16(9-11-19(20)22-5)6-7-17(12-18)13-21-4/h6-7,9,11-12,14-16,18-20H,8,10,13H2,1-5H3. The molecule has 0 spiro atoms. The van der Waals surface area contributed by atoms with Crippen LogP contribution in [-0.2, 0) is 9.47 Å². The third-order valence-electron chi connectivity index (χ3n) is 4.62. The molecule has 1 aliphatic rings. The number of hydrogen-bond acceptors (Lipinski definition) is 3. The molecule has 1 rings (SSSR count). The van der Waals surface area contributed by atoms with Crippen LogP contribution in [0.2, 0.25) is 0 Å². The van der Waals surface area contributed by atoms with Gasteiger partial charge < -0.3 is 14.6 Å². The highest BCUT2D eigenvalue weighted by Gasteiger charge is 2.21. The molecule has 0 radical (unpaired) electrons. The van der Waals surface area contributed by atoms with Crippen molar-refractivity contribution in [3.63, 3.8) is 0 Å². The molecule has 0 fully saturated rings. The molecule has 0 saturated heterocycles. The van der Waals surface area contributed by atoms with Crippen LogP contribution in [0.4, 0.5) is 0 Å². The van der Waals surface area contributed by atoms with Crippen LogP contribution in [-0.4, -0.2) is 32.2 Å². The first kappa shape index (κ1) is 19.1. The van der Waals surface area contributed by atoms with Gasteiger partial charge in [-0.2, -0.15) is 0 Å². The smallest absolute Gasteiger partial charge is 0.173 e. The van der Waals surface area contributed by atoms with Gasteiger partial charge in [-0.15, -0.1) is 0 Å². The topological polar surface area (TPSA) is 38.7 Å². The van der Waals surface area contributed by atoms with E-state index in [0.29, 0.717) is 30.3 Å². The van der Waals surface area contributed by atoms with Crippen molar-refractivity contribution in [3.05, 3.63) is 36.0 Å². The molecule has 3 nitrogen and oxygen atoms in total. The van der Waals surface area contributed by atoms with Crippen LogP contribution in [0, 0.1) is 23.7 Å². The second kappa shape index (κ2) is 9.98. The molecule has 4 atom stereocenters. The first-order chi connectivity index (χ1) is 10.5. The normalized spacial score (nSPS) is 25.9. The summed E-state index contributed by atoms with van der Waals surface area (Å²) in [5, 5.41) is 9.50. The molecule has 1 aliphatic carbocycles. The van der Waals surface area contributed by atoms with E-state index >= 15 is 0 Å². The summed E-state index contributed by atoms with van der Waals surface area (Å²) in [6, 6.07) is 0. The van der Waals surface area contributed by atoms with E-state index in [1.807, 2.05) is 6.08 Å². The Labute approximate surface area is 135 Å². The second-order valence-corrected chi connectivity index (χ2v) is 6.55. The number of aliphatic hydroxyl groups excluding tert-OH is 1. The van der Waals surface area contributed by atoms with Crippen LogP contribution in [0.1, 0.15) is 33.6 Å². The van der Waals surface area contributed by atoms with Gasteiger partial charge in [-0.3, -0.25) is 0 Å². The molecular weight excluding hydrogens is 276 g/mol. The van der Waals surface area contributed by atoms with Crippen LogP contribution >= 0.6 is 0 Å². The summed E-state index contributed by atoms with van der Waals surface area (Å²) in [6.45, 7) is 7.56. The maximum Gasteiger partial charge on any atom is 0.173 e. The fourth-order valence-electron chi connectivity index (χ4n) is 2.79. The quantitative estimate of drug-likeness (QED) is 0.571. The van der Waals surface area contributed by atoms with Crippen molar-refractivity contribution >= 4 is 0 Å². The lowest BCUT2D eigenvalue weighted by molar-refractivity contribution is -0.0359. The highest BCUT2D eigenvalue weighted by atomic mass is 16.6. The SMILES string of the molecule is COCC1=CC(C(C)C(C)C)CCC(C=CC(O)OC)C=C1. The van der Waals surface area contributed by atoms with Gasteiger partial charge >= 0.3 is 0 Å². The van der Waals surface area contributed by atoms with Crippen LogP contribution in [0.3, 0.4) is 0 Å². The van der Waals surface area contributed by atoms with E-state index in [1.54, 1.807) is 13.2 Å². The van der Waals surface area contributed by atoms with Gasteiger partial charge in [-0.1, -0.05) is 45.1 Å². The molecule has 0 aromatic rings. The van der Waals surface area contributed by atoms with E-state index in [9.17, 15) is 5.11 Å². The third-order valence-corrected chi connectivity index (χ3v) is 4.62. The molecule has 0 amide bonds. The molecule has 0 saturated carbocycles. The van der Waals surface area contributed by atoms with Crippen molar-refractivity contribution < 1.29 is 14.6 Å². The summed E-state index contributed by atoms with van der Waals surface area (Å²) in [5.74, 6) is 2.20. The van der Waals surface area contributed by atoms with Crippen molar-refractivity contribution in [1.82, 2.24) is 0 Å². The van der Waals surface area contributed by atoms with Gasteiger partial charge in [-0.05, 0) is 48.2 Å². The van der Waals surface area contributed by atoms with Crippen LogP contribution in [0.15, 0.2) is 36.0 Å². The molecular formula is C19H32O3. The summed E-state index contributed by atoms with van der Waals surface area (Å²) in [4.78, 5) is 0. The molecule has 4 unspecified atom stereocenters. The minimum Gasteiger partial charge on any atom is -0.380 e. The van der Waals surface area contributed by atoms with Gasteiger partial charge in [0, 0.05) is 14.2 Å². The van der Waals surface area contributed by atoms with Gasteiger partial charge in [0.2, 0.25) is 0 Å². The Hall–Kier alpha value is -0.900. The van der Waals surface area contributed by atoms with Crippen molar-refractivity contribution in [2.24, 2.45) is 23.7 Å². The van der Waals surface area contributed by atoms with Crippen LogP contribution < -0.4 is 0 Å². The zero-order valence-corrected chi connectivity index (χ0v) is 14.7. The Morgan fingerprint density at radius 3 is 2.59 bits per heavy atom. The first-order valence-corrected chi connectivity index (χ1v) is 8.25. The fraction of sp³-hybridized carbons (Fsp3) is 0.684. The lowest BCUT2D eigenvalue weighted by Gasteiger charge is -2.27. The minimum absolute atomic E-state index is 0.326. The van der Waals surface area contributed by atoms with E-state index < -0.39 is 6.29 Å². The van der Waals surface area contributed by atoms with E-state index in [2.05, 4.69) is 39.0 Å². The molecule has 0 aliphatic heterocycles. The molecule has 0 aromatic heterocycles. The Morgan fingerprint density at radius 2 is 2.00 bits per heavy atom. The Morgan fingerprint density at radius 1 is 1.27 bits per heavy atom. The summed E-state index contributed by atoms with van der Waals surface area (Å²) >= 11 is 0. The average molecular weight is 308 g/mol. The second-order valence-electron chi connectivity index (χ2n) is 6.55. The van der Waals surface area contributed by atoms with Gasteiger partial charge in [0.15, 0.2) is 6.29 Å². The fourth-order valence-corrected chi connectivity index (χ4v) is 2.79. The first-order valence-electron chi connectivity index (χ1n) is 8.25. The van der Waals surface area contributed by atoms with Crippen molar-refractivity contribution in [2.45, 2.75) is 39.9 Å². The number of allylic oxidation sites excluding steroid dienone is 3. The number of aliphatic hydroxyl groups is 1. The summed E-state index contributed by atoms with van der Waals surface area (Å²) in [7, 11) is 3.24. The van der Waals surface area contributed by atoms with E-state index in [1.165, 1.54) is 12.7 Å². The van der Waals surface area contributed by atoms with Gasteiger partial charge in [0.05, 0.1) is 6.61 Å². The molecule has 3 heteroatoms. The molecule has 1 N–H and O–H groups in total. The average Bonchev–Trinajstić information content (AvgIpc) is 2.48. The Balaban J connectivity index is 2.87. The monoisotopic (exact) mass is 308 g/mol. The number of ether oxygens (including phenoxy) is 2. The van der Waals surface area contributed by atoms with Gasteiger partial charge in [0.25, 0.3) is 0 Å². The largest absolute Gasteiger partial charge is 0.380 e. The molecule has 22 heavy (non-hydrogen) atoms. The molecule has 0 heterocycles. The number of hydrogen-bond donors (Lipinski definition) is 1. The van der Waals surface area contributed by atoms with Crippen molar-refractivity contribution in [3.8, 4) is 0 Å². The lowest BCUT2D eigenvalue weighted by atomic mass is 9.78. The highest BCUT2D eigenvalue weighted by Crippen LogP contribution is 2.31. The van der Waals surface area contributed by atoms with E-state index in [4.69, 9.17) is 9.47 Å². The maximum absolute atomic E-state index is 9.50. The Kier molecular flexibility index (Phi) is 8.69. The van der Waals surface area contributed by atoms with Gasteiger partial charge in [0.1, 0.15) is 0 Å². The maximum atomic E-state index is 9.50. The zero-order valence-electron chi connectivity index (χ0n) is 14.7. The van der Waals surface area contributed by atoms with Crippen molar-refractivity contribution in [1.29, 1.82) is 0 Å². The number of methoxy groups -OCH3 is 2. The predicted molar refractivity (Wildman–Crippen MR) is 91.5 cm³/mol. The van der Waals surface area contributed by atoms with Crippen LogP contribution in [0.5, 0.6) is 0 Å². The summed E-state index contributed by atoms with van der Waals surface area (Å²) < 4.78 is 10.2. The van der Waals surface area contributed by atoms with Gasteiger partial charge in [-0.25, -0.2) is 0 Å². The third kappa shape index (κ3) is 6.47. The summed E-state index contributed by atoms with van der Waals surface area (Å²) in [5.41, 5.74) is 1.24.